The van der Waals surface area contributed by atoms with Crippen LogP contribution in [0.2, 0.25) is 0 Å². The Morgan fingerprint density at radius 1 is 1.56 bits per heavy atom. The standard InChI is InChI=1S/C10H17F2N5.HI/c1-7(2)5-15-10(13)16-6-8-14-3-4-17(8)9(11)12;/h3-4,7,9H,5-6H2,1-2H3,(H3,13,15,16);1H. The number of aromatic nitrogens is 2. The molecule has 0 aliphatic rings. The molecule has 1 heterocycles. The number of alkyl halides is 2. The molecule has 0 saturated carbocycles. The fraction of sp³-hybridized carbons (Fsp3) is 0.600. The van der Waals surface area contributed by atoms with E-state index in [1.165, 1.54) is 12.4 Å². The van der Waals surface area contributed by atoms with E-state index in [-0.39, 0.29) is 42.3 Å². The van der Waals surface area contributed by atoms with E-state index in [9.17, 15) is 8.78 Å². The topological polar surface area (TPSA) is 68.2 Å². The van der Waals surface area contributed by atoms with Gasteiger partial charge in [-0.1, -0.05) is 13.8 Å². The fourth-order valence-electron chi connectivity index (χ4n) is 1.16. The number of rotatable bonds is 5. The minimum absolute atomic E-state index is 0. The molecule has 1 aromatic rings. The lowest BCUT2D eigenvalue weighted by Gasteiger charge is -2.08. The lowest BCUT2D eigenvalue weighted by Crippen LogP contribution is -2.34. The van der Waals surface area contributed by atoms with Gasteiger partial charge < -0.3 is 11.1 Å². The molecule has 1 aromatic heterocycles. The van der Waals surface area contributed by atoms with Crippen LogP contribution in [0.5, 0.6) is 0 Å². The van der Waals surface area contributed by atoms with Crippen LogP contribution in [0.15, 0.2) is 17.4 Å². The fourth-order valence-corrected chi connectivity index (χ4v) is 1.16. The predicted molar refractivity (Wildman–Crippen MR) is 77.1 cm³/mol. The maximum Gasteiger partial charge on any atom is 0.319 e. The number of guanidine groups is 1. The first-order valence-electron chi connectivity index (χ1n) is 5.34. The van der Waals surface area contributed by atoms with Crippen molar-refractivity contribution >= 4 is 29.9 Å². The number of nitrogens with zero attached hydrogens (tertiary/aromatic N) is 3. The van der Waals surface area contributed by atoms with Gasteiger partial charge in [0.2, 0.25) is 0 Å². The SMILES string of the molecule is CC(C)CNC(N)=NCc1nccn1C(F)F.I. The smallest absolute Gasteiger partial charge is 0.319 e. The molecule has 5 nitrogen and oxygen atoms in total. The van der Waals surface area contributed by atoms with E-state index in [1.54, 1.807) is 0 Å². The van der Waals surface area contributed by atoms with E-state index in [2.05, 4.69) is 15.3 Å². The molecule has 0 spiro atoms. The highest BCUT2D eigenvalue weighted by Crippen LogP contribution is 2.12. The molecule has 8 heteroatoms. The summed E-state index contributed by atoms with van der Waals surface area (Å²) in [6.45, 7) is 2.19. The van der Waals surface area contributed by atoms with E-state index >= 15 is 0 Å². The lowest BCUT2D eigenvalue weighted by molar-refractivity contribution is 0.0671. The summed E-state index contributed by atoms with van der Waals surface area (Å²) in [6, 6.07) is 0. The summed E-state index contributed by atoms with van der Waals surface area (Å²) in [7, 11) is 0. The Bertz CT molecular complexity index is 378. The van der Waals surface area contributed by atoms with E-state index in [0.29, 0.717) is 12.5 Å². The van der Waals surface area contributed by atoms with Crippen molar-refractivity contribution < 1.29 is 8.78 Å². The molecule has 0 atom stereocenters. The summed E-state index contributed by atoms with van der Waals surface area (Å²) in [5.74, 6) is 0.864. The first-order chi connectivity index (χ1) is 8.00. The Kier molecular flexibility index (Phi) is 7.80. The second-order valence-electron chi connectivity index (χ2n) is 4.00. The number of nitrogens with two attached hydrogens (primary N) is 1. The third-order valence-electron chi connectivity index (χ3n) is 2.04. The molecule has 0 saturated heterocycles. The molecule has 18 heavy (non-hydrogen) atoms. The van der Waals surface area contributed by atoms with Crippen molar-refractivity contribution in [3.05, 3.63) is 18.2 Å². The Labute approximate surface area is 122 Å². The lowest BCUT2D eigenvalue weighted by atomic mass is 10.2. The van der Waals surface area contributed by atoms with Crippen LogP contribution in [-0.4, -0.2) is 22.1 Å². The van der Waals surface area contributed by atoms with Crippen LogP contribution in [0.1, 0.15) is 26.2 Å². The van der Waals surface area contributed by atoms with Gasteiger partial charge in [0.15, 0.2) is 5.96 Å². The zero-order valence-corrected chi connectivity index (χ0v) is 12.6. The van der Waals surface area contributed by atoms with Crippen molar-refractivity contribution in [1.82, 2.24) is 14.9 Å². The Hall–Kier alpha value is -0.930. The van der Waals surface area contributed by atoms with Crippen molar-refractivity contribution in [3.63, 3.8) is 0 Å². The highest BCUT2D eigenvalue weighted by atomic mass is 127. The molecule has 3 N–H and O–H groups in total. The summed E-state index contributed by atoms with van der Waals surface area (Å²) in [5, 5.41) is 2.90. The zero-order valence-electron chi connectivity index (χ0n) is 10.3. The molecule has 0 radical (unpaired) electrons. The Balaban J connectivity index is 0.00000289. The van der Waals surface area contributed by atoms with E-state index in [1.807, 2.05) is 13.8 Å². The molecule has 0 bridgehead atoms. The number of halogens is 3. The van der Waals surface area contributed by atoms with Crippen LogP contribution in [0, 0.1) is 5.92 Å². The van der Waals surface area contributed by atoms with Crippen LogP contribution in [0.25, 0.3) is 0 Å². The van der Waals surface area contributed by atoms with Gasteiger partial charge >= 0.3 is 6.55 Å². The van der Waals surface area contributed by atoms with Crippen LogP contribution in [0.3, 0.4) is 0 Å². The molecule has 0 aliphatic carbocycles. The molecule has 104 valence electrons. The summed E-state index contributed by atoms with van der Waals surface area (Å²) in [5.41, 5.74) is 5.58. The summed E-state index contributed by atoms with van der Waals surface area (Å²) in [4.78, 5) is 7.75. The summed E-state index contributed by atoms with van der Waals surface area (Å²) >= 11 is 0. The molecule has 0 amide bonds. The van der Waals surface area contributed by atoms with E-state index < -0.39 is 6.55 Å². The van der Waals surface area contributed by atoms with Crippen LogP contribution < -0.4 is 11.1 Å². The van der Waals surface area contributed by atoms with Gasteiger partial charge in [-0.05, 0) is 5.92 Å². The van der Waals surface area contributed by atoms with Crippen molar-refractivity contribution in [2.45, 2.75) is 26.9 Å². The van der Waals surface area contributed by atoms with E-state index in [4.69, 9.17) is 5.73 Å². The van der Waals surface area contributed by atoms with Crippen molar-refractivity contribution in [3.8, 4) is 0 Å². The van der Waals surface area contributed by atoms with Gasteiger partial charge in [0.25, 0.3) is 0 Å². The first kappa shape index (κ1) is 17.1. The molecule has 0 aliphatic heterocycles. The van der Waals surface area contributed by atoms with Crippen LogP contribution >= 0.6 is 24.0 Å². The van der Waals surface area contributed by atoms with Gasteiger partial charge in [0.05, 0.1) is 0 Å². The van der Waals surface area contributed by atoms with Gasteiger partial charge in [-0.15, -0.1) is 24.0 Å². The second-order valence-corrected chi connectivity index (χ2v) is 4.00. The van der Waals surface area contributed by atoms with Gasteiger partial charge in [0, 0.05) is 18.9 Å². The molecular weight excluding hydrogens is 355 g/mol. The first-order valence-corrected chi connectivity index (χ1v) is 5.34. The minimum Gasteiger partial charge on any atom is -0.370 e. The summed E-state index contributed by atoms with van der Waals surface area (Å²) < 4.78 is 25.7. The highest BCUT2D eigenvalue weighted by molar-refractivity contribution is 14.0. The van der Waals surface area contributed by atoms with Gasteiger partial charge in [-0.2, -0.15) is 8.78 Å². The van der Waals surface area contributed by atoms with Gasteiger partial charge in [-0.25, -0.2) is 9.98 Å². The van der Waals surface area contributed by atoms with Gasteiger partial charge in [-0.3, -0.25) is 4.57 Å². The molecular formula is C10H18F2IN5. The Morgan fingerprint density at radius 3 is 2.78 bits per heavy atom. The number of hydrogen-bond acceptors (Lipinski definition) is 2. The van der Waals surface area contributed by atoms with Crippen molar-refractivity contribution in [1.29, 1.82) is 0 Å². The zero-order chi connectivity index (χ0) is 12.8. The maximum absolute atomic E-state index is 12.5. The highest BCUT2D eigenvalue weighted by Gasteiger charge is 2.10. The third-order valence-corrected chi connectivity index (χ3v) is 2.04. The van der Waals surface area contributed by atoms with E-state index in [0.717, 1.165) is 4.57 Å². The average molecular weight is 373 g/mol. The monoisotopic (exact) mass is 373 g/mol. The largest absolute Gasteiger partial charge is 0.370 e. The normalized spacial score (nSPS) is 11.8. The van der Waals surface area contributed by atoms with Gasteiger partial charge in [0.1, 0.15) is 12.4 Å². The number of aliphatic imine (C=N–C) groups is 1. The van der Waals surface area contributed by atoms with Crippen molar-refractivity contribution in [2.75, 3.05) is 6.54 Å². The quantitative estimate of drug-likeness (QED) is 0.471. The molecule has 0 unspecified atom stereocenters. The van der Waals surface area contributed by atoms with Crippen molar-refractivity contribution in [2.24, 2.45) is 16.6 Å². The number of hydrogen-bond donors (Lipinski definition) is 2. The third kappa shape index (κ3) is 5.61. The molecule has 0 fully saturated rings. The molecule has 0 aromatic carbocycles. The maximum atomic E-state index is 12.5. The molecule has 1 rings (SSSR count). The second kappa shape index (κ2) is 8.22. The number of nitrogens with one attached hydrogen (secondary N) is 1. The number of imidazole rings is 1. The van der Waals surface area contributed by atoms with Crippen LogP contribution in [0.4, 0.5) is 8.78 Å². The summed E-state index contributed by atoms with van der Waals surface area (Å²) in [6.07, 6.45) is 2.53. The predicted octanol–water partition coefficient (Wildman–Crippen LogP) is 1.96. The average Bonchev–Trinajstić information content (AvgIpc) is 2.71. The van der Waals surface area contributed by atoms with Crippen LogP contribution in [-0.2, 0) is 6.54 Å². The Morgan fingerprint density at radius 2 is 2.22 bits per heavy atom. The minimum atomic E-state index is -2.60.